The molecule has 1 aliphatic heterocycles. The molecule has 1 aliphatic rings. The van der Waals surface area contributed by atoms with Crippen LogP contribution in [0.5, 0.6) is 0 Å². The lowest BCUT2D eigenvalue weighted by Crippen LogP contribution is -2.37. The predicted molar refractivity (Wildman–Crippen MR) is 132 cm³/mol. The summed E-state index contributed by atoms with van der Waals surface area (Å²) in [6, 6.07) is 6.10. The summed E-state index contributed by atoms with van der Waals surface area (Å²) in [5.74, 6) is -0.450. The SMILES string of the molecule is CC(C)c1csc(CCc2ccn3c(=O)c(C=CC(=O)O)c(N4CCCC(C#N)C4)nc3c2)n1. The van der Waals surface area contributed by atoms with E-state index in [1.54, 1.807) is 17.5 Å². The van der Waals surface area contributed by atoms with E-state index in [0.717, 1.165) is 48.0 Å². The molecule has 9 heteroatoms. The fraction of sp³-hybridized carbons (Fsp3) is 0.400. The van der Waals surface area contributed by atoms with Crippen LogP contribution in [0, 0.1) is 17.2 Å². The molecule has 0 amide bonds. The second-order valence-corrected chi connectivity index (χ2v) is 9.77. The zero-order chi connectivity index (χ0) is 24.2. The summed E-state index contributed by atoms with van der Waals surface area (Å²) < 4.78 is 1.44. The van der Waals surface area contributed by atoms with Gasteiger partial charge in [0.15, 0.2) is 0 Å². The number of anilines is 1. The van der Waals surface area contributed by atoms with Crippen molar-refractivity contribution >= 4 is 34.8 Å². The summed E-state index contributed by atoms with van der Waals surface area (Å²) in [6.45, 7) is 5.39. The number of fused-ring (bicyclic) bond motifs is 1. The first kappa shape index (κ1) is 23.6. The molecule has 1 N–H and O–H groups in total. The van der Waals surface area contributed by atoms with Crippen LogP contribution in [0.15, 0.2) is 34.6 Å². The summed E-state index contributed by atoms with van der Waals surface area (Å²) in [6.07, 6.45) is 7.14. The molecule has 4 rings (SSSR count). The zero-order valence-electron chi connectivity index (χ0n) is 19.3. The Bertz CT molecular complexity index is 1330. The second kappa shape index (κ2) is 10.2. The number of nitriles is 1. The maximum atomic E-state index is 13.3. The Hall–Kier alpha value is -3.51. The fourth-order valence-corrected chi connectivity index (χ4v) is 5.07. The first-order chi connectivity index (χ1) is 16.4. The number of aliphatic carboxylic acids is 1. The Morgan fingerprint density at radius 2 is 2.21 bits per heavy atom. The summed E-state index contributed by atoms with van der Waals surface area (Å²) in [5, 5.41) is 21.7. The van der Waals surface area contributed by atoms with Crippen LogP contribution in [-0.2, 0) is 17.6 Å². The van der Waals surface area contributed by atoms with Gasteiger partial charge in [0.1, 0.15) is 11.5 Å². The molecule has 4 heterocycles. The van der Waals surface area contributed by atoms with Crippen molar-refractivity contribution in [3.8, 4) is 6.07 Å². The molecule has 1 unspecified atom stereocenters. The van der Waals surface area contributed by atoms with E-state index in [4.69, 9.17) is 15.1 Å². The Morgan fingerprint density at radius 1 is 1.38 bits per heavy atom. The van der Waals surface area contributed by atoms with Gasteiger partial charge < -0.3 is 10.0 Å². The molecule has 0 radical (unpaired) electrons. The topological polar surface area (TPSA) is 112 Å². The summed E-state index contributed by atoms with van der Waals surface area (Å²) in [5.41, 5.74) is 2.54. The minimum atomic E-state index is -1.14. The molecule has 1 saturated heterocycles. The third-order valence-electron chi connectivity index (χ3n) is 5.99. The number of carbonyl (C=O) groups is 1. The number of nitrogens with zero attached hydrogens (tertiary/aromatic N) is 5. The number of aromatic nitrogens is 3. The lowest BCUT2D eigenvalue weighted by molar-refractivity contribution is -0.131. The van der Waals surface area contributed by atoms with E-state index in [1.807, 2.05) is 17.0 Å². The first-order valence-corrected chi connectivity index (χ1v) is 12.3. The lowest BCUT2D eigenvalue weighted by Gasteiger charge is -2.31. The highest BCUT2D eigenvalue weighted by atomic mass is 32.1. The number of aryl methyl sites for hydroxylation is 2. The zero-order valence-corrected chi connectivity index (χ0v) is 20.1. The van der Waals surface area contributed by atoms with Crippen LogP contribution in [0.2, 0.25) is 0 Å². The number of thiazole rings is 1. The summed E-state index contributed by atoms with van der Waals surface area (Å²) in [7, 11) is 0. The number of hydrogen-bond donors (Lipinski definition) is 1. The van der Waals surface area contributed by atoms with Gasteiger partial charge in [-0.2, -0.15) is 5.26 Å². The van der Waals surface area contributed by atoms with E-state index < -0.39 is 5.97 Å². The van der Waals surface area contributed by atoms with Crippen LogP contribution in [0.3, 0.4) is 0 Å². The monoisotopic (exact) mass is 477 g/mol. The van der Waals surface area contributed by atoms with Gasteiger partial charge in [-0.25, -0.2) is 14.8 Å². The Balaban J connectivity index is 1.69. The number of carboxylic acids is 1. The molecular formula is C25H27N5O3S. The average Bonchev–Trinajstić information content (AvgIpc) is 3.31. The van der Waals surface area contributed by atoms with Gasteiger partial charge in [-0.15, -0.1) is 11.3 Å². The van der Waals surface area contributed by atoms with Gasteiger partial charge in [0, 0.05) is 37.2 Å². The van der Waals surface area contributed by atoms with E-state index in [-0.39, 0.29) is 17.0 Å². The van der Waals surface area contributed by atoms with Crippen molar-refractivity contribution in [3.05, 3.63) is 62.0 Å². The van der Waals surface area contributed by atoms with Gasteiger partial charge in [0.25, 0.3) is 5.56 Å². The molecule has 0 bridgehead atoms. The van der Waals surface area contributed by atoms with Crippen molar-refractivity contribution in [2.45, 2.75) is 45.4 Å². The molecule has 176 valence electrons. The molecule has 1 atom stereocenters. The molecule has 34 heavy (non-hydrogen) atoms. The first-order valence-electron chi connectivity index (χ1n) is 11.4. The quantitative estimate of drug-likeness (QED) is 0.514. The second-order valence-electron chi connectivity index (χ2n) is 8.82. The number of carboxylic acid groups (broad SMARTS) is 1. The van der Waals surface area contributed by atoms with Crippen LogP contribution in [-0.4, -0.2) is 38.5 Å². The van der Waals surface area contributed by atoms with E-state index in [2.05, 4.69) is 25.3 Å². The van der Waals surface area contributed by atoms with Crippen molar-refractivity contribution in [3.63, 3.8) is 0 Å². The van der Waals surface area contributed by atoms with E-state index >= 15 is 0 Å². The Morgan fingerprint density at radius 3 is 2.91 bits per heavy atom. The van der Waals surface area contributed by atoms with Gasteiger partial charge in [-0.05, 0) is 49.0 Å². The number of piperidine rings is 1. The highest BCUT2D eigenvalue weighted by Crippen LogP contribution is 2.25. The van der Waals surface area contributed by atoms with Crippen molar-refractivity contribution in [2.24, 2.45) is 5.92 Å². The molecule has 0 saturated carbocycles. The molecule has 3 aromatic heterocycles. The Kier molecular flexibility index (Phi) is 7.08. The van der Waals surface area contributed by atoms with Crippen LogP contribution >= 0.6 is 11.3 Å². The molecule has 0 aliphatic carbocycles. The van der Waals surface area contributed by atoms with Gasteiger partial charge in [-0.3, -0.25) is 9.20 Å². The minimum Gasteiger partial charge on any atom is -0.478 e. The van der Waals surface area contributed by atoms with E-state index in [0.29, 0.717) is 30.5 Å². The Labute approximate surface area is 201 Å². The average molecular weight is 478 g/mol. The van der Waals surface area contributed by atoms with Crippen molar-refractivity contribution < 1.29 is 9.90 Å². The van der Waals surface area contributed by atoms with Crippen molar-refractivity contribution in [1.82, 2.24) is 14.4 Å². The predicted octanol–water partition coefficient (Wildman–Crippen LogP) is 3.90. The number of rotatable bonds is 7. The standard InChI is InChI=1S/C25H27N5O3S/c1-16(2)20-15-34-22(27-20)7-5-17-9-11-30-21(12-17)28-24(19(25(30)33)6-8-23(31)32)29-10-3-4-18(13-26)14-29/h6,8-9,11-12,15-16,18H,3-5,7,10,14H2,1-2H3,(H,31,32). The van der Waals surface area contributed by atoms with Crippen LogP contribution < -0.4 is 10.5 Å². The maximum Gasteiger partial charge on any atom is 0.328 e. The van der Waals surface area contributed by atoms with Gasteiger partial charge in [0.2, 0.25) is 0 Å². The maximum absolute atomic E-state index is 13.3. The fourth-order valence-electron chi connectivity index (χ4n) is 4.11. The number of pyridine rings is 1. The molecule has 0 spiro atoms. The van der Waals surface area contributed by atoms with E-state index in [1.165, 1.54) is 10.5 Å². The minimum absolute atomic E-state index is 0.148. The van der Waals surface area contributed by atoms with Gasteiger partial charge in [-0.1, -0.05) is 13.8 Å². The van der Waals surface area contributed by atoms with Crippen molar-refractivity contribution in [1.29, 1.82) is 5.26 Å². The smallest absolute Gasteiger partial charge is 0.328 e. The van der Waals surface area contributed by atoms with Crippen LogP contribution in [0.25, 0.3) is 11.7 Å². The van der Waals surface area contributed by atoms with Crippen molar-refractivity contribution in [2.75, 3.05) is 18.0 Å². The summed E-state index contributed by atoms with van der Waals surface area (Å²) >= 11 is 1.67. The van der Waals surface area contributed by atoms with Crippen LogP contribution in [0.4, 0.5) is 5.82 Å². The highest BCUT2D eigenvalue weighted by Gasteiger charge is 2.24. The highest BCUT2D eigenvalue weighted by molar-refractivity contribution is 7.09. The molecule has 1 fully saturated rings. The summed E-state index contributed by atoms with van der Waals surface area (Å²) in [4.78, 5) is 35.8. The van der Waals surface area contributed by atoms with Gasteiger partial charge in [0.05, 0.1) is 28.3 Å². The van der Waals surface area contributed by atoms with Gasteiger partial charge >= 0.3 is 5.97 Å². The third kappa shape index (κ3) is 5.18. The lowest BCUT2D eigenvalue weighted by atomic mass is 9.99. The molecule has 3 aromatic rings. The molecule has 0 aromatic carbocycles. The number of hydrogen-bond acceptors (Lipinski definition) is 7. The van der Waals surface area contributed by atoms with E-state index in [9.17, 15) is 14.9 Å². The normalized spacial score (nSPS) is 16.4. The third-order valence-corrected chi connectivity index (χ3v) is 6.92. The molecule has 8 nitrogen and oxygen atoms in total. The largest absolute Gasteiger partial charge is 0.478 e. The molecular weight excluding hydrogens is 450 g/mol. The van der Waals surface area contributed by atoms with Crippen LogP contribution in [0.1, 0.15) is 54.4 Å².